The van der Waals surface area contributed by atoms with E-state index in [4.69, 9.17) is 4.52 Å². The van der Waals surface area contributed by atoms with Gasteiger partial charge in [0.25, 0.3) is 5.91 Å². The van der Waals surface area contributed by atoms with E-state index in [0.717, 1.165) is 42.5 Å². The van der Waals surface area contributed by atoms with E-state index in [1.807, 2.05) is 20.0 Å². The molecule has 0 spiro atoms. The number of hydrogen-bond acceptors (Lipinski definition) is 6. The number of nitrogens with one attached hydrogen (secondary N) is 2. The predicted molar refractivity (Wildman–Crippen MR) is 123 cm³/mol. The lowest BCUT2D eigenvalue weighted by Gasteiger charge is -2.32. The highest BCUT2D eigenvalue weighted by molar-refractivity contribution is 6.01. The summed E-state index contributed by atoms with van der Waals surface area (Å²) in [5, 5.41) is 13.8. The molecular weight excluding hydrogens is 420 g/mol. The van der Waals surface area contributed by atoms with Crippen LogP contribution in [0.5, 0.6) is 0 Å². The van der Waals surface area contributed by atoms with Crippen LogP contribution in [0.15, 0.2) is 35.3 Å². The molecule has 0 unspecified atom stereocenters. The molecule has 3 aromatic rings. The molecule has 174 valence electrons. The molecule has 3 heterocycles. The first-order valence-electron chi connectivity index (χ1n) is 11.3. The van der Waals surface area contributed by atoms with Crippen LogP contribution < -0.4 is 10.6 Å². The van der Waals surface area contributed by atoms with Gasteiger partial charge in [0, 0.05) is 18.8 Å². The Hall–Kier alpha value is -3.49. The van der Waals surface area contributed by atoms with Crippen LogP contribution in [0.1, 0.15) is 54.2 Å². The van der Waals surface area contributed by atoms with Crippen molar-refractivity contribution in [2.45, 2.75) is 52.5 Å². The lowest BCUT2D eigenvalue weighted by atomic mass is 9.79. The third-order valence-electron chi connectivity index (χ3n) is 6.51. The van der Waals surface area contributed by atoms with Crippen LogP contribution in [0.4, 0.5) is 5.82 Å². The zero-order chi connectivity index (χ0) is 23.5. The third kappa shape index (κ3) is 4.97. The van der Waals surface area contributed by atoms with E-state index >= 15 is 0 Å². The molecule has 33 heavy (non-hydrogen) atoms. The summed E-state index contributed by atoms with van der Waals surface area (Å²) in [7, 11) is 1.88. The molecule has 1 aliphatic rings. The number of carbonyl (C=O) groups excluding carboxylic acids is 2. The molecule has 1 aliphatic carbocycles. The molecule has 0 aromatic carbocycles. The highest BCUT2D eigenvalue weighted by Gasteiger charge is 2.33. The zero-order valence-corrected chi connectivity index (χ0v) is 19.5. The second-order valence-electron chi connectivity index (χ2n) is 9.01. The van der Waals surface area contributed by atoms with Crippen molar-refractivity contribution in [3.05, 3.63) is 47.6 Å². The highest BCUT2D eigenvalue weighted by atomic mass is 16.5. The van der Waals surface area contributed by atoms with Crippen LogP contribution in [-0.2, 0) is 11.8 Å². The molecule has 0 saturated heterocycles. The normalized spacial score (nSPS) is 19.2. The number of pyridine rings is 1. The Balaban J connectivity index is 1.51. The molecule has 0 aliphatic heterocycles. The Morgan fingerprint density at radius 3 is 2.48 bits per heavy atom. The standard InChI is InChI=1S/C24H30N6O3/c1-14-5-7-17(8-6-14)21(28-23(31)19-13-33-29-16(19)3)24(32)27-20-10-9-18(12-25-20)22-15(2)11-26-30(22)4/h9-14,17,21H,5-8H2,1-4H3,(H,28,31)(H,25,27,32)/t14?,17?,21-/m0/s1. The molecule has 2 amide bonds. The van der Waals surface area contributed by atoms with Crippen molar-refractivity contribution in [3.63, 3.8) is 0 Å². The molecule has 9 heteroatoms. The molecule has 9 nitrogen and oxygen atoms in total. The summed E-state index contributed by atoms with van der Waals surface area (Å²) in [6.45, 7) is 5.92. The second-order valence-corrected chi connectivity index (χ2v) is 9.01. The SMILES string of the molecule is Cc1cnn(C)c1-c1ccc(NC(=O)[C@@H](NC(=O)c2conc2C)C2CCC(C)CC2)nc1. The van der Waals surface area contributed by atoms with Gasteiger partial charge >= 0.3 is 0 Å². The van der Waals surface area contributed by atoms with Crippen molar-refractivity contribution in [1.82, 2.24) is 25.2 Å². The topological polar surface area (TPSA) is 115 Å². The molecule has 1 atom stereocenters. The van der Waals surface area contributed by atoms with E-state index in [9.17, 15) is 9.59 Å². The maximum Gasteiger partial charge on any atom is 0.257 e. The van der Waals surface area contributed by atoms with Gasteiger partial charge in [-0.15, -0.1) is 0 Å². The maximum absolute atomic E-state index is 13.3. The van der Waals surface area contributed by atoms with E-state index < -0.39 is 6.04 Å². The summed E-state index contributed by atoms with van der Waals surface area (Å²) in [4.78, 5) is 30.5. The summed E-state index contributed by atoms with van der Waals surface area (Å²) >= 11 is 0. The highest BCUT2D eigenvalue weighted by Crippen LogP contribution is 2.31. The van der Waals surface area contributed by atoms with Gasteiger partial charge in [0.2, 0.25) is 5.91 Å². The second kappa shape index (κ2) is 9.56. The van der Waals surface area contributed by atoms with Crippen LogP contribution in [0, 0.1) is 25.7 Å². The van der Waals surface area contributed by atoms with Crippen molar-refractivity contribution >= 4 is 17.6 Å². The predicted octanol–water partition coefficient (Wildman–Crippen LogP) is 3.65. The number of anilines is 1. The quantitative estimate of drug-likeness (QED) is 0.592. The number of nitrogens with zero attached hydrogens (tertiary/aromatic N) is 4. The van der Waals surface area contributed by atoms with Crippen LogP contribution in [0.2, 0.25) is 0 Å². The van der Waals surface area contributed by atoms with Crippen LogP contribution in [-0.4, -0.2) is 37.8 Å². The Morgan fingerprint density at radius 2 is 1.91 bits per heavy atom. The van der Waals surface area contributed by atoms with Crippen molar-refractivity contribution in [3.8, 4) is 11.3 Å². The average molecular weight is 451 g/mol. The van der Waals surface area contributed by atoms with Crippen molar-refractivity contribution < 1.29 is 14.1 Å². The summed E-state index contributed by atoms with van der Waals surface area (Å²) < 4.78 is 6.69. The van der Waals surface area contributed by atoms with Crippen LogP contribution in [0.25, 0.3) is 11.3 Å². The monoisotopic (exact) mass is 450 g/mol. The number of rotatable bonds is 6. The van der Waals surface area contributed by atoms with Gasteiger partial charge in [-0.1, -0.05) is 24.9 Å². The molecule has 2 N–H and O–H groups in total. The molecule has 3 aromatic heterocycles. The minimum absolute atomic E-state index is 0.0571. The summed E-state index contributed by atoms with van der Waals surface area (Å²) in [5.41, 5.74) is 3.78. The Labute approximate surface area is 192 Å². The number of hydrogen-bond donors (Lipinski definition) is 2. The van der Waals surface area contributed by atoms with Gasteiger partial charge in [-0.25, -0.2) is 4.98 Å². The molecule has 1 saturated carbocycles. The van der Waals surface area contributed by atoms with Gasteiger partial charge in [-0.2, -0.15) is 5.10 Å². The number of aromatic nitrogens is 4. The Bertz CT molecular complexity index is 1110. The molecule has 0 radical (unpaired) electrons. The smallest absolute Gasteiger partial charge is 0.257 e. The summed E-state index contributed by atoms with van der Waals surface area (Å²) in [6, 6.07) is 3.01. The van der Waals surface area contributed by atoms with E-state index in [1.54, 1.807) is 30.1 Å². The zero-order valence-electron chi connectivity index (χ0n) is 19.5. The fourth-order valence-corrected chi connectivity index (χ4v) is 4.52. The first kappa shape index (κ1) is 22.7. The fourth-order valence-electron chi connectivity index (χ4n) is 4.52. The van der Waals surface area contributed by atoms with Crippen molar-refractivity contribution in [2.24, 2.45) is 18.9 Å². The fraction of sp³-hybridized carbons (Fsp3) is 0.458. The van der Waals surface area contributed by atoms with E-state index in [0.29, 0.717) is 23.0 Å². The lowest BCUT2D eigenvalue weighted by Crippen LogP contribution is -2.49. The van der Waals surface area contributed by atoms with E-state index in [1.165, 1.54) is 6.26 Å². The molecule has 4 rings (SSSR count). The molecule has 1 fully saturated rings. The van der Waals surface area contributed by atoms with Gasteiger partial charge in [0.15, 0.2) is 0 Å². The van der Waals surface area contributed by atoms with Crippen LogP contribution in [0.3, 0.4) is 0 Å². The number of carbonyl (C=O) groups is 2. The molecular formula is C24H30N6O3. The summed E-state index contributed by atoms with van der Waals surface area (Å²) in [6.07, 6.45) is 8.67. The Kier molecular flexibility index (Phi) is 6.57. The van der Waals surface area contributed by atoms with E-state index in [2.05, 4.69) is 32.8 Å². The van der Waals surface area contributed by atoms with Crippen molar-refractivity contribution in [2.75, 3.05) is 5.32 Å². The van der Waals surface area contributed by atoms with Gasteiger partial charge in [-0.05, 0) is 56.2 Å². The minimum Gasteiger partial charge on any atom is -0.364 e. The Morgan fingerprint density at radius 1 is 1.15 bits per heavy atom. The number of aryl methyl sites for hydroxylation is 3. The van der Waals surface area contributed by atoms with Crippen molar-refractivity contribution in [1.29, 1.82) is 0 Å². The van der Waals surface area contributed by atoms with Gasteiger partial charge in [0.1, 0.15) is 23.7 Å². The van der Waals surface area contributed by atoms with Gasteiger partial charge in [-0.3, -0.25) is 14.3 Å². The maximum atomic E-state index is 13.3. The summed E-state index contributed by atoms with van der Waals surface area (Å²) in [5.74, 6) is 0.497. The largest absolute Gasteiger partial charge is 0.364 e. The first-order chi connectivity index (χ1) is 15.8. The average Bonchev–Trinajstić information content (AvgIpc) is 3.38. The molecule has 0 bridgehead atoms. The number of amides is 2. The minimum atomic E-state index is -0.667. The third-order valence-corrected chi connectivity index (χ3v) is 6.51. The first-order valence-corrected chi connectivity index (χ1v) is 11.3. The van der Waals surface area contributed by atoms with Gasteiger partial charge in [0.05, 0.1) is 17.6 Å². The lowest BCUT2D eigenvalue weighted by molar-refractivity contribution is -0.119. The van der Waals surface area contributed by atoms with Crippen LogP contribution >= 0.6 is 0 Å². The van der Waals surface area contributed by atoms with Gasteiger partial charge < -0.3 is 15.2 Å². The van der Waals surface area contributed by atoms with E-state index in [-0.39, 0.29) is 17.7 Å².